The highest BCUT2D eigenvalue weighted by atomic mass is 16.6. The number of hydrogen-bond acceptors (Lipinski definition) is 7. The molecule has 0 aromatic carbocycles. The van der Waals surface area contributed by atoms with E-state index in [0.29, 0.717) is 12.8 Å². The first kappa shape index (κ1) is 49.7. The van der Waals surface area contributed by atoms with E-state index in [-0.39, 0.29) is 49.5 Å². The van der Waals surface area contributed by atoms with Crippen molar-refractivity contribution in [2.24, 2.45) is 0 Å². The second-order valence-electron chi connectivity index (χ2n) is 13.5. The Kier molecular flexibility index (Phi) is 32.9. The quantitative estimate of drug-likeness (QED) is 0.0223. The van der Waals surface area contributed by atoms with Crippen molar-refractivity contribution < 1.29 is 38.2 Å². The topological polar surface area (TPSA) is 102 Å². The summed E-state index contributed by atoms with van der Waals surface area (Å²) in [5.41, 5.74) is 0. The first-order valence-corrected chi connectivity index (χ1v) is 19.6. The Bertz CT molecular complexity index is 1290. The van der Waals surface area contributed by atoms with E-state index in [0.717, 1.165) is 51.4 Å². The smallest absolute Gasteiger partial charge is 0.306 e. The van der Waals surface area contributed by atoms with Crippen LogP contribution >= 0.6 is 0 Å². The number of likely N-dealkylation sites (N-methyl/N-ethyl adjacent to an activating group) is 1. The maximum atomic E-state index is 12.7. The number of quaternary nitrogens is 1. The molecule has 0 radical (unpaired) electrons. The molecule has 0 heterocycles. The molecule has 0 saturated heterocycles. The molecule has 0 fully saturated rings. The number of hydrogen-bond donors (Lipinski definition) is 0. The zero-order valence-corrected chi connectivity index (χ0v) is 33.8. The van der Waals surface area contributed by atoms with Gasteiger partial charge >= 0.3 is 11.9 Å². The van der Waals surface area contributed by atoms with Crippen LogP contribution in [0.2, 0.25) is 0 Å². The van der Waals surface area contributed by atoms with Crippen molar-refractivity contribution in [2.45, 2.75) is 109 Å². The van der Waals surface area contributed by atoms with Gasteiger partial charge in [0.25, 0.3) is 0 Å². The van der Waals surface area contributed by atoms with Gasteiger partial charge in [-0.2, -0.15) is 0 Å². The molecule has 0 saturated carbocycles. The lowest BCUT2D eigenvalue weighted by molar-refractivity contribution is -0.889. The van der Waals surface area contributed by atoms with Gasteiger partial charge in [0.1, 0.15) is 12.6 Å². The third-order valence-corrected chi connectivity index (χ3v) is 7.72. The molecule has 0 aromatic rings. The molecular formula is C46H69NO7. The fraction of sp³-hybridized carbons (Fsp3) is 0.500. The van der Waals surface area contributed by atoms with Crippen molar-refractivity contribution in [3.63, 3.8) is 0 Å². The highest BCUT2D eigenvalue weighted by Gasteiger charge is 2.25. The summed E-state index contributed by atoms with van der Waals surface area (Å²) in [5, 5.41) is 11.6. The van der Waals surface area contributed by atoms with Crippen molar-refractivity contribution in [1.82, 2.24) is 0 Å². The average Bonchev–Trinajstić information content (AvgIpc) is 3.12. The van der Waals surface area contributed by atoms with E-state index < -0.39 is 24.1 Å². The number of allylic oxidation sites excluding steroid dienone is 20. The Labute approximate surface area is 327 Å². The van der Waals surface area contributed by atoms with Gasteiger partial charge in [-0.15, -0.1) is 0 Å². The maximum absolute atomic E-state index is 12.7. The lowest BCUT2D eigenvalue weighted by atomic mass is 10.1. The summed E-state index contributed by atoms with van der Waals surface area (Å²) in [4.78, 5) is 36.7. The van der Waals surface area contributed by atoms with Crippen LogP contribution in [0.15, 0.2) is 122 Å². The second kappa shape index (κ2) is 35.7. The van der Waals surface area contributed by atoms with E-state index in [9.17, 15) is 19.5 Å². The van der Waals surface area contributed by atoms with E-state index in [1.807, 2.05) is 54.7 Å². The summed E-state index contributed by atoms with van der Waals surface area (Å²) in [5.74, 6) is -1.93. The van der Waals surface area contributed by atoms with E-state index in [2.05, 4.69) is 80.7 Å². The Hall–Kier alpha value is -4.27. The van der Waals surface area contributed by atoms with Crippen LogP contribution < -0.4 is 5.11 Å². The number of ether oxygens (including phenoxy) is 3. The highest BCUT2D eigenvalue weighted by molar-refractivity contribution is 5.70. The predicted octanol–water partition coefficient (Wildman–Crippen LogP) is 8.96. The number of carboxylic acid groups (broad SMARTS) is 1. The standard InChI is InChI=1S/C46H69NO7/c1-6-8-10-12-14-16-18-20-21-22-23-25-27-29-31-33-35-37-45(49)54-42(40-52-39-38-43(46(50)51)47(3,4)5)41-53-44(48)36-34-32-30-28-26-24-19-17-15-13-11-9-7-2/h8-11,13-17,19-21,23-26,28-31,42-43H,6-7,12,18,22,27,32-41H2,1-5H3/b10-8+,11-9+,15-13+,16-14+,19-17+,21-20+,25-23+,26-24+,30-28+,31-29+. The molecule has 300 valence electrons. The van der Waals surface area contributed by atoms with Crippen LogP contribution in [0.5, 0.6) is 0 Å². The Morgan fingerprint density at radius 1 is 0.574 bits per heavy atom. The van der Waals surface area contributed by atoms with Gasteiger partial charge in [-0.05, 0) is 64.2 Å². The van der Waals surface area contributed by atoms with Gasteiger partial charge in [-0.25, -0.2) is 0 Å². The van der Waals surface area contributed by atoms with Crippen LogP contribution in [0.25, 0.3) is 0 Å². The van der Waals surface area contributed by atoms with Gasteiger partial charge < -0.3 is 28.6 Å². The van der Waals surface area contributed by atoms with Crippen LogP contribution in [-0.4, -0.2) is 75.5 Å². The molecule has 0 aliphatic carbocycles. The van der Waals surface area contributed by atoms with Crippen LogP contribution in [0.4, 0.5) is 0 Å². The van der Waals surface area contributed by atoms with Gasteiger partial charge in [-0.3, -0.25) is 9.59 Å². The number of rotatable bonds is 32. The van der Waals surface area contributed by atoms with Gasteiger partial charge in [0.15, 0.2) is 6.10 Å². The zero-order chi connectivity index (χ0) is 40.0. The number of carboxylic acids is 1. The lowest BCUT2D eigenvalue weighted by Gasteiger charge is -2.34. The summed E-state index contributed by atoms with van der Waals surface area (Å²) < 4.78 is 16.9. The minimum atomic E-state index is -1.15. The van der Waals surface area contributed by atoms with Crippen molar-refractivity contribution in [3.05, 3.63) is 122 Å². The summed E-state index contributed by atoms with van der Waals surface area (Å²) in [6.45, 7) is 4.21. The fourth-order valence-electron chi connectivity index (χ4n) is 4.72. The molecule has 0 aliphatic rings. The molecule has 8 nitrogen and oxygen atoms in total. The average molecular weight is 748 g/mol. The van der Waals surface area contributed by atoms with Crippen LogP contribution in [-0.2, 0) is 28.6 Å². The largest absolute Gasteiger partial charge is 0.544 e. The Morgan fingerprint density at radius 3 is 1.56 bits per heavy atom. The minimum Gasteiger partial charge on any atom is -0.544 e. The van der Waals surface area contributed by atoms with Crippen molar-refractivity contribution >= 4 is 17.9 Å². The molecule has 8 heteroatoms. The normalized spacial score (nSPS) is 14.3. The minimum absolute atomic E-state index is 0.0144. The SMILES string of the molecule is CC/C=C/C=C/C=C/C=C/C=C/CCCC(=O)OCC(COCCC(C(=O)[O-])[N+](C)(C)C)OC(=O)CCC/C=C/C/C=C/C/C=C/C/C=C/C/C=C/CC. The van der Waals surface area contributed by atoms with Gasteiger partial charge in [0.05, 0.1) is 40.3 Å². The molecular weight excluding hydrogens is 679 g/mol. The second-order valence-corrected chi connectivity index (χ2v) is 13.5. The third kappa shape index (κ3) is 33.6. The van der Waals surface area contributed by atoms with E-state index >= 15 is 0 Å². The number of unbranched alkanes of at least 4 members (excludes halogenated alkanes) is 2. The lowest BCUT2D eigenvalue weighted by Crippen LogP contribution is -2.55. The van der Waals surface area contributed by atoms with Gasteiger partial charge in [0, 0.05) is 19.3 Å². The summed E-state index contributed by atoms with van der Waals surface area (Å²) >= 11 is 0. The fourth-order valence-corrected chi connectivity index (χ4v) is 4.72. The van der Waals surface area contributed by atoms with Gasteiger partial charge in [0.2, 0.25) is 0 Å². The monoisotopic (exact) mass is 748 g/mol. The Morgan fingerprint density at radius 2 is 1.04 bits per heavy atom. The first-order valence-electron chi connectivity index (χ1n) is 19.6. The summed E-state index contributed by atoms with van der Waals surface area (Å²) in [6.07, 6.45) is 49.6. The molecule has 0 aliphatic heterocycles. The Balaban J connectivity index is 4.66. The molecule has 0 amide bonds. The van der Waals surface area contributed by atoms with E-state index in [1.165, 1.54) is 0 Å². The first-order chi connectivity index (χ1) is 26.1. The van der Waals surface area contributed by atoms with Crippen molar-refractivity contribution in [3.8, 4) is 0 Å². The molecule has 2 atom stereocenters. The molecule has 2 unspecified atom stereocenters. The molecule has 54 heavy (non-hydrogen) atoms. The molecule has 0 aromatic heterocycles. The molecule has 0 rings (SSSR count). The van der Waals surface area contributed by atoms with Crippen LogP contribution in [0.1, 0.15) is 97.3 Å². The van der Waals surface area contributed by atoms with E-state index in [1.54, 1.807) is 21.1 Å². The zero-order valence-electron chi connectivity index (χ0n) is 33.8. The molecule has 0 N–H and O–H groups in total. The number of esters is 2. The third-order valence-electron chi connectivity index (χ3n) is 7.72. The summed E-state index contributed by atoms with van der Waals surface area (Å²) in [6, 6.07) is -0.754. The number of carbonyl (C=O) groups excluding carboxylic acids is 3. The number of nitrogens with zero attached hydrogens (tertiary/aromatic N) is 1. The van der Waals surface area contributed by atoms with Crippen LogP contribution in [0, 0.1) is 0 Å². The number of carbonyl (C=O) groups is 3. The van der Waals surface area contributed by atoms with Crippen molar-refractivity contribution in [2.75, 3.05) is 41.0 Å². The van der Waals surface area contributed by atoms with E-state index in [4.69, 9.17) is 14.2 Å². The highest BCUT2D eigenvalue weighted by Crippen LogP contribution is 2.10. The maximum Gasteiger partial charge on any atom is 0.306 e. The van der Waals surface area contributed by atoms with Crippen molar-refractivity contribution in [1.29, 1.82) is 0 Å². The van der Waals surface area contributed by atoms with Gasteiger partial charge in [-0.1, -0.05) is 135 Å². The van der Waals surface area contributed by atoms with Crippen LogP contribution in [0.3, 0.4) is 0 Å². The number of aliphatic carboxylic acids is 1. The predicted molar refractivity (Wildman–Crippen MR) is 221 cm³/mol. The molecule has 0 spiro atoms. The molecule has 0 bridgehead atoms. The summed E-state index contributed by atoms with van der Waals surface area (Å²) in [7, 11) is 5.34.